The number of para-hydroxylation sites is 2. The maximum absolute atomic E-state index is 5.61. The van der Waals surface area contributed by atoms with Crippen LogP contribution in [0, 0.1) is 0 Å². The van der Waals surface area contributed by atoms with E-state index in [1.54, 1.807) is 0 Å². The Balaban J connectivity index is 0.689. The summed E-state index contributed by atoms with van der Waals surface area (Å²) in [5.41, 5.74) is 22.1. The van der Waals surface area contributed by atoms with Crippen LogP contribution >= 0.6 is 0 Å². The molecular formula is C96H60N4. The first-order chi connectivity index (χ1) is 49.6. The van der Waals surface area contributed by atoms with E-state index in [1.807, 2.05) is 0 Å². The predicted molar refractivity (Wildman–Crippen MR) is 422 cm³/mol. The summed E-state index contributed by atoms with van der Waals surface area (Å²) in [6, 6.07) is 133. The van der Waals surface area contributed by atoms with Gasteiger partial charge in [0.15, 0.2) is 0 Å². The third-order valence-corrected chi connectivity index (χ3v) is 20.7. The van der Waals surface area contributed by atoms with Gasteiger partial charge < -0.3 is 0 Å². The Bertz CT molecular complexity index is 6620. The minimum absolute atomic E-state index is 0.868. The van der Waals surface area contributed by atoms with Gasteiger partial charge in [-0.1, -0.05) is 297 Å². The average Bonchev–Trinajstić information content (AvgIpc) is 0.804. The van der Waals surface area contributed by atoms with Crippen LogP contribution in [0.1, 0.15) is 0 Å². The normalized spacial score (nSPS) is 11.8. The van der Waals surface area contributed by atoms with Crippen LogP contribution in [0.2, 0.25) is 0 Å². The van der Waals surface area contributed by atoms with Crippen molar-refractivity contribution >= 4 is 97.5 Å². The molecule has 0 fully saturated rings. The summed E-state index contributed by atoms with van der Waals surface area (Å²) >= 11 is 0. The van der Waals surface area contributed by atoms with Crippen LogP contribution in [0.3, 0.4) is 0 Å². The molecule has 0 unspecified atom stereocenters. The van der Waals surface area contributed by atoms with Crippen LogP contribution in [0.5, 0.6) is 0 Å². The minimum Gasteiger partial charge on any atom is -0.292 e. The molecule has 0 aliphatic heterocycles. The lowest BCUT2D eigenvalue weighted by Crippen LogP contribution is -1.98. The maximum atomic E-state index is 5.61. The second-order valence-corrected chi connectivity index (χ2v) is 26.3. The van der Waals surface area contributed by atoms with Gasteiger partial charge in [0.05, 0.1) is 22.1 Å². The lowest BCUT2D eigenvalue weighted by molar-refractivity contribution is 1.10. The van der Waals surface area contributed by atoms with Crippen LogP contribution in [0.4, 0.5) is 0 Å². The van der Waals surface area contributed by atoms with E-state index < -0.39 is 0 Å². The highest BCUT2D eigenvalue weighted by molar-refractivity contribution is 6.24. The zero-order valence-electron chi connectivity index (χ0n) is 54.4. The summed E-state index contributed by atoms with van der Waals surface area (Å²) in [4.78, 5) is 11.2. The summed E-state index contributed by atoms with van der Waals surface area (Å²) < 4.78 is 4.63. The first-order valence-electron chi connectivity index (χ1n) is 34.3. The van der Waals surface area contributed by atoms with Gasteiger partial charge in [0, 0.05) is 28.1 Å². The number of fused-ring (bicyclic) bond motifs is 9. The molecule has 18 aromatic carbocycles. The lowest BCUT2D eigenvalue weighted by atomic mass is 9.84. The third kappa shape index (κ3) is 9.37. The van der Waals surface area contributed by atoms with E-state index in [2.05, 4.69) is 373 Å². The van der Waals surface area contributed by atoms with Gasteiger partial charge in [-0.15, -0.1) is 0 Å². The summed E-state index contributed by atoms with van der Waals surface area (Å²) in [6.45, 7) is 0. The van der Waals surface area contributed by atoms with Gasteiger partial charge in [-0.05, 0) is 203 Å². The van der Waals surface area contributed by atoms with E-state index in [-0.39, 0.29) is 0 Å². The molecule has 0 spiro atoms. The summed E-state index contributed by atoms with van der Waals surface area (Å²) in [5.74, 6) is 1.74. The molecule has 100 heavy (non-hydrogen) atoms. The number of benzene rings is 18. The Hall–Kier alpha value is -13.3. The van der Waals surface area contributed by atoms with Crippen molar-refractivity contribution in [3.63, 3.8) is 0 Å². The van der Waals surface area contributed by atoms with Gasteiger partial charge in [-0.25, -0.2) is 9.97 Å². The smallest absolute Gasteiger partial charge is 0.145 e. The molecule has 20 rings (SSSR count). The quantitative estimate of drug-likeness (QED) is 0.128. The van der Waals surface area contributed by atoms with Crippen molar-refractivity contribution in [3.05, 3.63) is 364 Å². The summed E-state index contributed by atoms with van der Waals surface area (Å²) in [7, 11) is 0. The van der Waals surface area contributed by atoms with Crippen LogP contribution < -0.4 is 0 Å². The van der Waals surface area contributed by atoms with Gasteiger partial charge >= 0.3 is 0 Å². The van der Waals surface area contributed by atoms with E-state index in [1.165, 1.54) is 114 Å². The standard InChI is InChI=1S/C96H60N4/c1-3-23-66(24-4-1)96-98-94-78(36-19-37-89(94)100(96)77-52-48-65(49-53-77)90-79-30-13-15-32-81(79)91(82-33-16-14-31-80(82)90)73-45-40-61-20-7-10-25-68(61)56-73)72-51-55-88-87(60-72)97-95(99(88)76-28-5-2-6-29-76)67-43-38-64(39-44-67)71-50-54-85-86(59-71)93(75-47-42-63-22-9-12-27-70(63)58-75)84-35-18-17-34-83(84)92(85)74-46-41-62-21-8-11-26-69(62)57-74/h1-60H. The Morgan fingerprint density at radius 1 is 0.190 bits per heavy atom. The highest BCUT2D eigenvalue weighted by Gasteiger charge is 2.24. The second-order valence-electron chi connectivity index (χ2n) is 26.3. The molecule has 2 heterocycles. The van der Waals surface area contributed by atoms with Crippen molar-refractivity contribution < 1.29 is 0 Å². The molecule has 0 aliphatic carbocycles. The predicted octanol–water partition coefficient (Wildman–Crippen LogP) is 25.8. The van der Waals surface area contributed by atoms with Crippen LogP contribution in [0.25, 0.3) is 198 Å². The molecule has 0 atom stereocenters. The molecular weight excluding hydrogens is 1210 g/mol. The Morgan fingerprint density at radius 3 is 1.11 bits per heavy atom. The van der Waals surface area contributed by atoms with Gasteiger partial charge in [0.2, 0.25) is 0 Å². The van der Waals surface area contributed by atoms with Crippen molar-refractivity contribution in [2.24, 2.45) is 0 Å². The number of hydrogen-bond donors (Lipinski definition) is 0. The Morgan fingerprint density at radius 2 is 0.570 bits per heavy atom. The van der Waals surface area contributed by atoms with Crippen molar-refractivity contribution in [2.45, 2.75) is 0 Å². The zero-order valence-corrected chi connectivity index (χ0v) is 54.4. The number of rotatable bonds is 10. The molecule has 464 valence electrons. The largest absolute Gasteiger partial charge is 0.292 e. The fourth-order valence-electron chi connectivity index (χ4n) is 16.0. The molecule has 0 radical (unpaired) electrons. The van der Waals surface area contributed by atoms with Gasteiger partial charge in [-0.2, -0.15) is 0 Å². The summed E-state index contributed by atoms with van der Waals surface area (Å²) in [5, 5.41) is 17.2. The number of imidazole rings is 2. The molecule has 0 saturated carbocycles. The molecule has 0 saturated heterocycles. The second kappa shape index (κ2) is 23.2. The fourth-order valence-corrected chi connectivity index (χ4v) is 16.0. The Kier molecular flexibility index (Phi) is 13.2. The average molecular weight is 1270 g/mol. The van der Waals surface area contributed by atoms with Crippen molar-refractivity contribution in [1.29, 1.82) is 0 Å². The van der Waals surface area contributed by atoms with Crippen molar-refractivity contribution in [2.75, 3.05) is 0 Å². The Labute approximate surface area is 577 Å². The zero-order chi connectivity index (χ0) is 65.8. The van der Waals surface area contributed by atoms with E-state index in [4.69, 9.17) is 9.97 Å². The number of nitrogens with zero attached hydrogens (tertiary/aromatic N) is 4. The van der Waals surface area contributed by atoms with Gasteiger partial charge in [-0.3, -0.25) is 9.13 Å². The SMILES string of the molecule is c1ccc(-c2nc3c(-c4ccc5c(c4)nc(-c4ccc(-c6ccc7c(-c8ccc9ccccc9c8)c8ccccc8c(-c8ccc9ccccc9c8)c7c6)cc4)n5-c4ccccc4)cccc3n2-c2ccc(-c3c4ccccc4c(-c4ccc5ccccc5c4)c4ccccc34)cc2)cc1. The molecule has 2 aromatic heterocycles. The number of aromatic nitrogens is 4. The third-order valence-electron chi connectivity index (χ3n) is 20.7. The van der Waals surface area contributed by atoms with Gasteiger partial charge in [0.25, 0.3) is 0 Å². The first-order valence-corrected chi connectivity index (χ1v) is 34.3. The first kappa shape index (κ1) is 57.0. The molecule has 20 aromatic rings. The highest BCUT2D eigenvalue weighted by Crippen LogP contribution is 2.48. The topological polar surface area (TPSA) is 35.6 Å². The minimum atomic E-state index is 0.868. The molecule has 0 N–H and O–H groups in total. The number of hydrogen-bond acceptors (Lipinski definition) is 2. The lowest BCUT2D eigenvalue weighted by Gasteiger charge is -2.19. The van der Waals surface area contributed by atoms with Crippen LogP contribution in [-0.4, -0.2) is 19.1 Å². The van der Waals surface area contributed by atoms with Gasteiger partial charge in [0.1, 0.15) is 11.6 Å². The summed E-state index contributed by atoms with van der Waals surface area (Å²) in [6.07, 6.45) is 0. The highest BCUT2D eigenvalue weighted by atomic mass is 15.1. The monoisotopic (exact) mass is 1270 g/mol. The van der Waals surface area contributed by atoms with E-state index in [0.717, 1.165) is 84.0 Å². The fraction of sp³-hybridized carbons (Fsp3) is 0. The molecule has 0 aliphatic rings. The van der Waals surface area contributed by atoms with E-state index >= 15 is 0 Å². The van der Waals surface area contributed by atoms with Crippen molar-refractivity contribution in [1.82, 2.24) is 19.1 Å². The maximum Gasteiger partial charge on any atom is 0.145 e. The van der Waals surface area contributed by atoms with Crippen LogP contribution in [0.15, 0.2) is 364 Å². The van der Waals surface area contributed by atoms with Crippen LogP contribution in [-0.2, 0) is 0 Å². The van der Waals surface area contributed by atoms with E-state index in [0.29, 0.717) is 0 Å². The van der Waals surface area contributed by atoms with Crippen molar-refractivity contribution in [3.8, 4) is 101 Å². The molecule has 0 amide bonds. The molecule has 4 nitrogen and oxygen atoms in total. The molecule has 4 heteroatoms. The molecule has 0 bridgehead atoms. The van der Waals surface area contributed by atoms with E-state index in [9.17, 15) is 0 Å².